The molecule has 2 aliphatic rings. The van der Waals surface area contributed by atoms with Crippen LogP contribution >= 0.6 is 11.3 Å². The molecular formula is C19H29N3O4S2. The van der Waals surface area contributed by atoms with Gasteiger partial charge < -0.3 is 10.2 Å². The zero-order valence-corrected chi connectivity index (χ0v) is 18.1. The van der Waals surface area contributed by atoms with Gasteiger partial charge in [-0.3, -0.25) is 9.59 Å². The van der Waals surface area contributed by atoms with Crippen molar-refractivity contribution >= 4 is 33.2 Å². The number of carbonyl (C=O) groups is 2. The largest absolute Gasteiger partial charge is 0.341 e. The van der Waals surface area contributed by atoms with Crippen molar-refractivity contribution in [1.82, 2.24) is 14.5 Å². The number of thiophene rings is 1. The molecule has 1 N–H and O–H groups in total. The summed E-state index contributed by atoms with van der Waals surface area (Å²) in [4.78, 5) is 28.1. The van der Waals surface area contributed by atoms with E-state index in [0.717, 1.165) is 25.9 Å². The van der Waals surface area contributed by atoms with E-state index in [0.29, 0.717) is 30.8 Å². The average Bonchev–Trinajstić information content (AvgIpc) is 3.39. The Labute approximate surface area is 171 Å². The van der Waals surface area contributed by atoms with Crippen LogP contribution in [0.4, 0.5) is 0 Å². The molecule has 2 amide bonds. The van der Waals surface area contributed by atoms with Crippen LogP contribution < -0.4 is 5.32 Å². The van der Waals surface area contributed by atoms with Gasteiger partial charge in [-0.05, 0) is 56.9 Å². The molecule has 3 heterocycles. The quantitative estimate of drug-likeness (QED) is 0.751. The van der Waals surface area contributed by atoms with Crippen LogP contribution in [0.1, 0.15) is 49.2 Å². The van der Waals surface area contributed by atoms with Crippen molar-refractivity contribution in [2.75, 3.05) is 26.2 Å². The number of hydrogen-bond acceptors (Lipinski definition) is 5. The average molecular weight is 428 g/mol. The molecule has 3 rings (SSSR count). The summed E-state index contributed by atoms with van der Waals surface area (Å²) in [6.07, 6.45) is 3.12. The van der Waals surface area contributed by atoms with E-state index in [1.165, 1.54) is 15.6 Å². The van der Waals surface area contributed by atoms with Gasteiger partial charge in [-0.2, -0.15) is 0 Å². The van der Waals surface area contributed by atoms with Crippen molar-refractivity contribution in [1.29, 1.82) is 0 Å². The fourth-order valence-corrected chi connectivity index (χ4v) is 5.84. The van der Waals surface area contributed by atoms with Crippen molar-refractivity contribution in [3.63, 3.8) is 0 Å². The summed E-state index contributed by atoms with van der Waals surface area (Å²) >= 11 is 1.35. The van der Waals surface area contributed by atoms with Gasteiger partial charge in [0.2, 0.25) is 15.9 Å². The molecule has 28 heavy (non-hydrogen) atoms. The summed E-state index contributed by atoms with van der Waals surface area (Å²) < 4.78 is 26.4. The van der Waals surface area contributed by atoms with Crippen molar-refractivity contribution in [2.45, 2.75) is 50.8 Å². The maximum Gasteiger partial charge on any atom is 0.262 e. The maximum absolute atomic E-state index is 13.1. The van der Waals surface area contributed by atoms with Gasteiger partial charge in [0.25, 0.3) is 5.91 Å². The molecule has 0 spiro atoms. The second-order valence-electron chi connectivity index (χ2n) is 7.79. The van der Waals surface area contributed by atoms with Gasteiger partial charge in [-0.1, -0.05) is 6.07 Å². The first kappa shape index (κ1) is 21.3. The number of amides is 2. The number of likely N-dealkylation sites (tertiary alicyclic amines) is 1. The molecule has 2 aliphatic heterocycles. The lowest BCUT2D eigenvalue weighted by Crippen LogP contribution is -2.54. The van der Waals surface area contributed by atoms with Crippen LogP contribution in [0.3, 0.4) is 0 Å². The minimum atomic E-state index is -3.29. The second-order valence-corrected chi connectivity index (χ2v) is 11.2. The lowest BCUT2D eigenvalue weighted by atomic mass is 9.89. The van der Waals surface area contributed by atoms with Crippen molar-refractivity contribution in [3.05, 3.63) is 22.4 Å². The first-order valence-corrected chi connectivity index (χ1v) is 12.3. The van der Waals surface area contributed by atoms with Crippen molar-refractivity contribution < 1.29 is 18.0 Å². The Morgan fingerprint density at radius 3 is 2.32 bits per heavy atom. The molecule has 7 nitrogen and oxygen atoms in total. The third-order valence-corrected chi connectivity index (χ3v) is 8.79. The molecule has 1 aromatic heterocycles. The van der Waals surface area contributed by atoms with Crippen LogP contribution in [0.15, 0.2) is 17.5 Å². The van der Waals surface area contributed by atoms with Gasteiger partial charge >= 0.3 is 0 Å². The zero-order valence-electron chi connectivity index (χ0n) is 16.5. The Hall–Kier alpha value is -1.45. The van der Waals surface area contributed by atoms with E-state index in [4.69, 9.17) is 0 Å². The van der Waals surface area contributed by atoms with Gasteiger partial charge in [-0.15, -0.1) is 11.3 Å². The van der Waals surface area contributed by atoms with E-state index in [1.54, 1.807) is 19.9 Å². The SMILES string of the molecule is CC(C)S(=O)(=O)N1CCC(C(NC(=O)c2cccs2)C(=O)N2CCCC2)CC1. The highest BCUT2D eigenvalue weighted by Crippen LogP contribution is 2.26. The predicted octanol–water partition coefficient (Wildman–Crippen LogP) is 1.92. The third kappa shape index (κ3) is 4.58. The molecule has 0 saturated carbocycles. The third-order valence-electron chi connectivity index (χ3n) is 5.64. The summed E-state index contributed by atoms with van der Waals surface area (Å²) in [7, 11) is -3.29. The summed E-state index contributed by atoms with van der Waals surface area (Å²) in [6.45, 7) is 5.61. The van der Waals surface area contributed by atoms with Gasteiger partial charge in [-0.25, -0.2) is 12.7 Å². The first-order chi connectivity index (χ1) is 13.3. The zero-order chi connectivity index (χ0) is 20.3. The van der Waals surface area contributed by atoms with Gasteiger partial charge in [0.15, 0.2) is 0 Å². The maximum atomic E-state index is 13.1. The fourth-order valence-electron chi connectivity index (χ4n) is 3.90. The molecule has 0 aliphatic carbocycles. The van der Waals surface area contributed by atoms with E-state index >= 15 is 0 Å². The Morgan fingerprint density at radius 2 is 1.79 bits per heavy atom. The minimum absolute atomic E-state index is 0.0347. The van der Waals surface area contributed by atoms with Crippen LogP contribution in [0.25, 0.3) is 0 Å². The lowest BCUT2D eigenvalue weighted by molar-refractivity contribution is -0.133. The number of nitrogens with one attached hydrogen (secondary N) is 1. The molecule has 1 unspecified atom stereocenters. The van der Waals surface area contributed by atoms with E-state index in [1.807, 2.05) is 16.3 Å². The number of hydrogen-bond donors (Lipinski definition) is 1. The van der Waals surface area contributed by atoms with E-state index in [2.05, 4.69) is 5.32 Å². The Kier molecular flexibility index (Phi) is 6.77. The summed E-state index contributed by atoms with van der Waals surface area (Å²) in [5.41, 5.74) is 0. The van der Waals surface area contributed by atoms with Gasteiger partial charge in [0, 0.05) is 26.2 Å². The standard InChI is InChI=1S/C19H29N3O4S2/c1-14(2)28(25,26)22-11-7-15(8-12-22)17(19(24)21-9-3-4-10-21)20-18(23)16-6-5-13-27-16/h5-6,13-15,17H,3-4,7-12H2,1-2H3,(H,20,23). The van der Waals surface area contributed by atoms with Crippen LogP contribution in [0, 0.1) is 5.92 Å². The number of rotatable bonds is 6. The van der Waals surface area contributed by atoms with E-state index in [-0.39, 0.29) is 17.7 Å². The van der Waals surface area contributed by atoms with Gasteiger partial charge in [0.05, 0.1) is 10.1 Å². The highest BCUT2D eigenvalue weighted by atomic mass is 32.2. The van der Waals surface area contributed by atoms with Gasteiger partial charge in [0.1, 0.15) is 6.04 Å². The van der Waals surface area contributed by atoms with Crippen LogP contribution in [0.2, 0.25) is 0 Å². The minimum Gasteiger partial charge on any atom is -0.341 e. The molecule has 0 radical (unpaired) electrons. The molecule has 156 valence electrons. The van der Waals surface area contributed by atoms with Crippen LogP contribution in [-0.4, -0.2) is 66.9 Å². The number of carbonyl (C=O) groups excluding carboxylic acids is 2. The van der Waals surface area contributed by atoms with Crippen LogP contribution in [-0.2, 0) is 14.8 Å². The molecule has 0 bridgehead atoms. The van der Waals surface area contributed by atoms with E-state index < -0.39 is 21.3 Å². The molecule has 9 heteroatoms. The summed E-state index contributed by atoms with van der Waals surface area (Å²) in [5, 5.41) is 4.34. The molecular weight excluding hydrogens is 398 g/mol. The normalized spacial score (nSPS) is 20.5. The van der Waals surface area contributed by atoms with Crippen molar-refractivity contribution in [3.8, 4) is 0 Å². The number of piperidine rings is 1. The topological polar surface area (TPSA) is 86.8 Å². The van der Waals surface area contributed by atoms with E-state index in [9.17, 15) is 18.0 Å². The summed E-state index contributed by atoms with van der Waals surface area (Å²) in [5.74, 6) is -0.326. The molecule has 0 aromatic carbocycles. The highest BCUT2D eigenvalue weighted by molar-refractivity contribution is 7.89. The Balaban J connectivity index is 1.72. The van der Waals surface area contributed by atoms with Crippen molar-refractivity contribution in [2.24, 2.45) is 5.92 Å². The number of sulfonamides is 1. The Bertz CT molecular complexity index is 778. The predicted molar refractivity (Wildman–Crippen MR) is 110 cm³/mol. The smallest absolute Gasteiger partial charge is 0.262 e. The molecule has 2 saturated heterocycles. The summed E-state index contributed by atoms with van der Waals surface area (Å²) in [6, 6.07) is 2.96. The molecule has 2 fully saturated rings. The second kappa shape index (κ2) is 8.92. The van der Waals surface area contributed by atoms with Crippen LogP contribution in [0.5, 0.6) is 0 Å². The Morgan fingerprint density at radius 1 is 1.14 bits per heavy atom. The highest BCUT2D eigenvalue weighted by Gasteiger charge is 2.38. The number of nitrogens with zero attached hydrogens (tertiary/aromatic N) is 2. The molecule has 1 aromatic rings. The molecule has 1 atom stereocenters. The monoisotopic (exact) mass is 427 g/mol. The first-order valence-electron chi connectivity index (χ1n) is 9.93. The fraction of sp³-hybridized carbons (Fsp3) is 0.684. The lowest BCUT2D eigenvalue weighted by Gasteiger charge is -2.37.